The first-order valence-corrected chi connectivity index (χ1v) is 22.1. The number of amides is 4. The minimum Gasteiger partial charge on any atom is -0.405 e. The average Bonchev–Trinajstić information content (AvgIpc) is 3.96. The third kappa shape index (κ3) is 10.2. The SMILES string of the molecule is CCC1CC2(CNc3nc(NCc4ccccc4OC(F)(F)F)ncc3C#N)CCC(C2)C1NCCCCn1cc(CCNc2cccc3c2C(=O)N(C2CCC(=O)NC2=O)C3=O)nn1. The summed E-state index contributed by atoms with van der Waals surface area (Å²) >= 11 is 0. The molecule has 4 amide bonds. The van der Waals surface area contributed by atoms with E-state index >= 15 is 0 Å². The molecule has 5 N–H and O–H groups in total. The lowest BCUT2D eigenvalue weighted by molar-refractivity contribution is -0.274. The molecule has 5 atom stereocenters. The molecule has 17 nitrogen and oxygen atoms in total. The van der Waals surface area contributed by atoms with Crippen molar-refractivity contribution in [2.75, 3.05) is 35.6 Å². The van der Waals surface area contributed by atoms with Crippen molar-refractivity contribution in [2.24, 2.45) is 17.3 Å². The van der Waals surface area contributed by atoms with Gasteiger partial charge in [0, 0.05) is 62.5 Å². The largest absolute Gasteiger partial charge is 0.573 e. The maximum atomic E-state index is 13.4. The topological polar surface area (TPSA) is 221 Å². The van der Waals surface area contributed by atoms with E-state index in [2.05, 4.69) is 64.6 Å². The summed E-state index contributed by atoms with van der Waals surface area (Å²) in [6.45, 7) is 4.91. The molecule has 20 heteroatoms. The molecule has 342 valence electrons. The fraction of sp³-hybridized carbons (Fsp3) is 0.489. The second-order valence-corrected chi connectivity index (χ2v) is 17.3. The summed E-state index contributed by atoms with van der Waals surface area (Å²) in [5.41, 5.74) is 2.33. The van der Waals surface area contributed by atoms with Gasteiger partial charge in [-0.1, -0.05) is 42.8 Å². The first-order chi connectivity index (χ1) is 31.3. The number of fused-ring (bicyclic) bond motifs is 3. The minimum atomic E-state index is -4.82. The number of nitriles is 1. The van der Waals surface area contributed by atoms with Crippen molar-refractivity contribution in [1.82, 2.24) is 40.5 Å². The Hall–Kier alpha value is -6.62. The van der Waals surface area contributed by atoms with E-state index in [-0.39, 0.29) is 58.8 Å². The number of ether oxygens (including phenoxy) is 1. The monoisotopic (exact) mass is 896 g/mol. The van der Waals surface area contributed by atoms with Gasteiger partial charge < -0.3 is 26.0 Å². The van der Waals surface area contributed by atoms with Gasteiger partial charge in [0.25, 0.3) is 11.8 Å². The zero-order valence-electron chi connectivity index (χ0n) is 35.9. The van der Waals surface area contributed by atoms with Crippen LogP contribution in [0.4, 0.5) is 30.6 Å². The molecule has 8 rings (SSSR count). The Labute approximate surface area is 373 Å². The zero-order valence-corrected chi connectivity index (χ0v) is 35.9. The van der Waals surface area contributed by atoms with Crippen molar-refractivity contribution >= 4 is 41.1 Å². The number of hydrogen-bond acceptors (Lipinski definition) is 14. The number of anilines is 3. The van der Waals surface area contributed by atoms with E-state index in [1.54, 1.807) is 24.3 Å². The highest BCUT2D eigenvalue weighted by Gasteiger charge is 2.50. The van der Waals surface area contributed by atoms with Gasteiger partial charge in [-0.2, -0.15) is 10.2 Å². The predicted octanol–water partition coefficient (Wildman–Crippen LogP) is 5.57. The molecule has 2 aliphatic heterocycles. The molecule has 2 aliphatic carbocycles. The van der Waals surface area contributed by atoms with E-state index in [4.69, 9.17) is 0 Å². The van der Waals surface area contributed by atoms with Crippen LogP contribution >= 0.6 is 0 Å². The number of imide groups is 2. The minimum absolute atomic E-state index is 0.0109. The predicted molar refractivity (Wildman–Crippen MR) is 230 cm³/mol. The van der Waals surface area contributed by atoms with Crippen LogP contribution in [0, 0.1) is 28.6 Å². The molecule has 2 saturated carbocycles. The molecule has 4 aliphatic rings. The number of hydrogen-bond donors (Lipinski definition) is 5. The van der Waals surface area contributed by atoms with Crippen LogP contribution in [0.25, 0.3) is 0 Å². The van der Waals surface area contributed by atoms with Crippen LogP contribution in [-0.2, 0) is 29.1 Å². The van der Waals surface area contributed by atoms with Gasteiger partial charge in [0.1, 0.15) is 29.2 Å². The summed E-state index contributed by atoms with van der Waals surface area (Å²) in [4.78, 5) is 60.4. The van der Waals surface area contributed by atoms with Crippen molar-refractivity contribution in [3.05, 3.63) is 82.8 Å². The lowest BCUT2D eigenvalue weighted by Gasteiger charge is -2.43. The van der Waals surface area contributed by atoms with Crippen molar-refractivity contribution in [3.8, 4) is 11.8 Å². The maximum absolute atomic E-state index is 13.4. The Bertz CT molecular complexity index is 2470. The van der Waals surface area contributed by atoms with Gasteiger partial charge in [-0.05, 0) is 86.9 Å². The third-order valence-electron chi connectivity index (χ3n) is 13.1. The first-order valence-electron chi connectivity index (χ1n) is 22.1. The highest BCUT2D eigenvalue weighted by molar-refractivity contribution is 6.25. The van der Waals surface area contributed by atoms with Crippen molar-refractivity contribution < 1.29 is 37.1 Å². The number of para-hydroxylation sites is 1. The number of aromatic nitrogens is 5. The van der Waals surface area contributed by atoms with Gasteiger partial charge in [-0.3, -0.25) is 34.1 Å². The lowest BCUT2D eigenvalue weighted by atomic mass is 9.67. The van der Waals surface area contributed by atoms with E-state index in [1.807, 2.05) is 10.9 Å². The van der Waals surface area contributed by atoms with Crippen molar-refractivity contribution in [3.63, 3.8) is 0 Å². The Balaban J connectivity index is 0.771. The Morgan fingerprint density at radius 1 is 1.00 bits per heavy atom. The number of halogens is 3. The summed E-state index contributed by atoms with van der Waals surface area (Å²) < 4.78 is 44.8. The number of piperidine rings is 1. The van der Waals surface area contributed by atoms with Crippen LogP contribution in [0.1, 0.15) is 102 Å². The smallest absolute Gasteiger partial charge is 0.405 e. The number of rotatable bonds is 19. The number of nitrogens with one attached hydrogen (secondary N) is 5. The second kappa shape index (κ2) is 19.2. The summed E-state index contributed by atoms with van der Waals surface area (Å²) in [5, 5.41) is 34.2. The fourth-order valence-corrected chi connectivity index (χ4v) is 10.00. The van der Waals surface area contributed by atoms with Gasteiger partial charge in [0.05, 0.1) is 23.0 Å². The van der Waals surface area contributed by atoms with Crippen LogP contribution in [0.3, 0.4) is 0 Å². The maximum Gasteiger partial charge on any atom is 0.573 e. The number of nitrogens with zero attached hydrogens (tertiary/aromatic N) is 7. The summed E-state index contributed by atoms with van der Waals surface area (Å²) in [6, 6.07) is 12.4. The standard InChI is InChI=1S/C45H51F3N12O5/c1-2-27-20-44(26-54-39-30(22-49)24-53-43(56-39)52-23-29-8-3-4-11-35(29)65-45(46,47)48)16-14-28(21-44)38(27)51-17-5-6-19-59-25-31(57-58-59)15-18-50-33-10-7-9-32-37(33)42(64)60(41(32)63)34-12-13-36(61)55-40(34)62/h3-4,7-11,24-25,27-28,34,38,50-51H,2,5-6,12-21,23,26H2,1H3,(H,55,61,62)(H2,52,53,54,56). The van der Waals surface area contributed by atoms with Gasteiger partial charge in [0.15, 0.2) is 0 Å². The molecule has 2 aromatic carbocycles. The molecule has 2 aromatic heterocycles. The molecule has 2 bridgehead atoms. The Morgan fingerprint density at radius 2 is 1.85 bits per heavy atom. The summed E-state index contributed by atoms with van der Waals surface area (Å²) in [6.07, 6.45) is 6.37. The molecular formula is C45H51F3N12O5. The number of carbonyl (C=O) groups is 4. The highest BCUT2D eigenvalue weighted by Crippen LogP contribution is 2.54. The van der Waals surface area contributed by atoms with E-state index in [0.29, 0.717) is 55.4 Å². The van der Waals surface area contributed by atoms with Crippen LogP contribution in [0.15, 0.2) is 54.9 Å². The van der Waals surface area contributed by atoms with Crippen molar-refractivity contribution in [1.29, 1.82) is 5.26 Å². The number of carbonyl (C=O) groups excluding carboxylic acids is 4. The lowest BCUT2D eigenvalue weighted by Crippen LogP contribution is -2.54. The molecule has 65 heavy (non-hydrogen) atoms. The highest BCUT2D eigenvalue weighted by atomic mass is 19.4. The number of benzene rings is 2. The molecule has 1 saturated heterocycles. The van der Waals surface area contributed by atoms with Gasteiger partial charge in [0.2, 0.25) is 17.8 Å². The average molecular weight is 897 g/mol. The van der Waals surface area contributed by atoms with Crippen molar-refractivity contribution in [2.45, 2.75) is 103 Å². The molecule has 0 spiro atoms. The van der Waals surface area contributed by atoms with Gasteiger partial charge in [-0.25, -0.2) is 4.98 Å². The molecule has 5 unspecified atom stereocenters. The van der Waals surface area contributed by atoms with E-state index in [9.17, 15) is 37.6 Å². The zero-order chi connectivity index (χ0) is 45.7. The van der Waals surface area contributed by atoms with Crippen LogP contribution in [0.2, 0.25) is 0 Å². The summed E-state index contributed by atoms with van der Waals surface area (Å²) in [7, 11) is 0. The van der Waals surface area contributed by atoms with E-state index in [1.165, 1.54) is 24.4 Å². The Kier molecular flexibility index (Phi) is 13.3. The number of aryl methyl sites for hydroxylation is 1. The van der Waals surface area contributed by atoms with Gasteiger partial charge >= 0.3 is 6.36 Å². The van der Waals surface area contributed by atoms with Crippen LogP contribution in [-0.4, -0.2) is 91.6 Å². The van der Waals surface area contributed by atoms with E-state index in [0.717, 1.165) is 62.1 Å². The number of unbranched alkanes of at least 4 members (excludes halogenated alkanes) is 1. The normalized spacial score (nSPS) is 22.7. The van der Waals surface area contributed by atoms with Crippen LogP contribution < -0.4 is 31.3 Å². The summed E-state index contributed by atoms with van der Waals surface area (Å²) in [5.74, 6) is -0.910. The number of alkyl halides is 3. The Morgan fingerprint density at radius 3 is 2.65 bits per heavy atom. The van der Waals surface area contributed by atoms with E-state index < -0.39 is 36.0 Å². The molecule has 4 heterocycles. The molecular weight excluding hydrogens is 846 g/mol. The second-order valence-electron chi connectivity index (χ2n) is 17.3. The third-order valence-corrected chi connectivity index (χ3v) is 13.1. The molecule has 4 aromatic rings. The molecule has 3 fully saturated rings. The molecule has 0 radical (unpaired) electrons. The first kappa shape index (κ1) is 45.0. The van der Waals surface area contributed by atoms with Crippen LogP contribution in [0.5, 0.6) is 5.75 Å². The quantitative estimate of drug-likeness (QED) is 0.0574. The van der Waals surface area contributed by atoms with Gasteiger partial charge in [-0.15, -0.1) is 18.3 Å². The fourth-order valence-electron chi connectivity index (χ4n) is 10.00.